The highest BCUT2D eigenvalue weighted by molar-refractivity contribution is 5.72. The summed E-state index contributed by atoms with van der Waals surface area (Å²) >= 11 is 0. The summed E-state index contributed by atoms with van der Waals surface area (Å²) in [6.07, 6.45) is 3.99. The number of anilines is 1. The van der Waals surface area contributed by atoms with Crippen LogP contribution in [0.25, 0.3) is 6.08 Å². The molecule has 1 aliphatic rings. The van der Waals surface area contributed by atoms with E-state index in [4.69, 9.17) is 0 Å². The summed E-state index contributed by atoms with van der Waals surface area (Å²) in [5.41, 5.74) is 1.36. The van der Waals surface area contributed by atoms with E-state index in [0.29, 0.717) is 5.69 Å². The smallest absolute Gasteiger partial charge is 0.146 e. The Morgan fingerprint density at radius 2 is 2.08 bits per heavy atom. The second kappa shape index (κ2) is 2.59. The highest BCUT2D eigenvalue weighted by Crippen LogP contribution is 2.29. The average Bonchev–Trinajstić information content (AvgIpc) is 2.06. The molecule has 2 heteroatoms. The van der Waals surface area contributed by atoms with E-state index in [2.05, 4.69) is 5.32 Å². The van der Waals surface area contributed by atoms with Gasteiger partial charge in [-0.15, -0.1) is 0 Å². The molecule has 0 amide bonds. The van der Waals surface area contributed by atoms with Gasteiger partial charge in [-0.25, -0.2) is 4.39 Å². The lowest BCUT2D eigenvalue weighted by molar-refractivity contribution is 0.616. The van der Waals surface area contributed by atoms with Crippen molar-refractivity contribution in [3.8, 4) is 0 Å². The van der Waals surface area contributed by atoms with E-state index < -0.39 is 0 Å². The van der Waals surface area contributed by atoms with Gasteiger partial charge < -0.3 is 5.32 Å². The molecule has 0 spiro atoms. The molecule has 13 heavy (non-hydrogen) atoms. The predicted molar refractivity (Wildman–Crippen MR) is 53.1 cm³/mol. The van der Waals surface area contributed by atoms with Crippen LogP contribution in [0.5, 0.6) is 0 Å². The third-order valence-corrected chi connectivity index (χ3v) is 2.17. The van der Waals surface area contributed by atoms with Crippen molar-refractivity contribution >= 4 is 11.8 Å². The Bertz CT molecular complexity index is 366. The van der Waals surface area contributed by atoms with E-state index in [1.165, 1.54) is 6.07 Å². The van der Waals surface area contributed by atoms with Crippen LogP contribution >= 0.6 is 0 Å². The summed E-state index contributed by atoms with van der Waals surface area (Å²) in [4.78, 5) is 0. The second-order valence-corrected chi connectivity index (χ2v) is 3.88. The molecular formula is C11H12FN. The maximum atomic E-state index is 13.3. The van der Waals surface area contributed by atoms with Crippen molar-refractivity contribution in [1.29, 1.82) is 0 Å². The fourth-order valence-electron chi connectivity index (χ4n) is 1.47. The average molecular weight is 177 g/mol. The van der Waals surface area contributed by atoms with Crippen LogP contribution in [-0.4, -0.2) is 5.54 Å². The van der Waals surface area contributed by atoms with Gasteiger partial charge in [0.1, 0.15) is 5.82 Å². The highest BCUT2D eigenvalue weighted by Gasteiger charge is 2.20. The zero-order valence-electron chi connectivity index (χ0n) is 7.76. The van der Waals surface area contributed by atoms with Crippen LogP contribution in [0, 0.1) is 5.82 Å². The van der Waals surface area contributed by atoms with E-state index in [1.807, 2.05) is 32.1 Å². The highest BCUT2D eigenvalue weighted by atomic mass is 19.1. The molecule has 0 bridgehead atoms. The van der Waals surface area contributed by atoms with Gasteiger partial charge in [-0.3, -0.25) is 0 Å². The van der Waals surface area contributed by atoms with Gasteiger partial charge in [-0.2, -0.15) is 0 Å². The summed E-state index contributed by atoms with van der Waals surface area (Å²) in [6.45, 7) is 4.03. The van der Waals surface area contributed by atoms with Crippen molar-refractivity contribution in [2.75, 3.05) is 5.32 Å². The molecule has 1 heterocycles. The molecule has 1 N–H and O–H groups in total. The zero-order chi connectivity index (χ0) is 9.47. The standard InChI is InChI=1S/C11H12FN/c1-11(2)7-6-8-4-3-5-9(12)10(8)13-11/h3-7,13H,1-2H3. The van der Waals surface area contributed by atoms with Crippen molar-refractivity contribution in [3.63, 3.8) is 0 Å². The first-order chi connectivity index (χ1) is 6.08. The van der Waals surface area contributed by atoms with Gasteiger partial charge in [0.25, 0.3) is 0 Å². The van der Waals surface area contributed by atoms with Gasteiger partial charge in [0.2, 0.25) is 0 Å². The summed E-state index contributed by atoms with van der Waals surface area (Å²) in [5.74, 6) is -0.185. The van der Waals surface area contributed by atoms with E-state index in [-0.39, 0.29) is 11.4 Å². The monoisotopic (exact) mass is 177 g/mol. The molecule has 1 aromatic rings. The molecule has 1 aliphatic heterocycles. The van der Waals surface area contributed by atoms with Gasteiger partial charge in [0, 0.05) is 5.56 Å². The molecule has 2 rings (SSSR count). The van der Waals surface area contributed by atoms with Crippen molar-refractivity contribution in [2.45, 2.75) is 19.4 Å². The van der Waals surface area contributed by atoms with E-state index in [1.54, 1.807) is 6.07 Å². The van der Waals surface area contributed by atoms with Crippen molar-refractivity contribution in [1.82, 2.24) is 0 Å². The van der Waals surface area contributed by atoms with E-state index in [0.717, 1.165) is 5.56 Å². The summed E-state index contributed by atoms with van der Waals surface area (Å²) in [5, 5.41) is 3.14. The first kappa shape index (κ1) is 8.30. The van der Waals surface area contributed by atoms with Crippen LogP contribution < -0.4 is 5.32 Å². The van der Waals surface area contributed by atoms with Crippen molar-refractivity contribution in [2.24, 2.45) is 0 Å². The largest absolute Gasteiger partial charge is 0.374 e. The van der Waals surface area contributed by atoms with Gasteiger partial charge in [0.05, 0.1) is 11.2 Å². The SMILES string of the molecule is CC1(C)C=Cc2cccc(F)c2N1. The lowest BCUT2D eigenvalue weighted by Gasteiger charge is -2.29. The number of para-hydroxylation sites is 1. The third-order valence-electron chi connectivity index (χ3n) is 2.17. The minimum absolute atomic E-state index is 0.158. The molecule has 0 unspecified atom stereocenters. The number of halogens is 1. The molecule has 1 nitrogen and oxygen atoms in total. The first-order valence-electron chi connectivity index (χ1n) is 4.34. The Labute approximate surface area is 77.3 Å². The Balaban J connectivity index is 2.54. The Hall–Kier alpha value is -1.31. The molecule has 68 valence electrons. The lowest BCUT2D eigenvalue weighted by Crippen LogP contribution is -2.30. The zero-order valence-corrected chi connectivity index (χ0v) is 7.76. The third kappa shape index (κ3) is 1.44. The van der Waals surface area contributed by atoms with E-state index >= 15 is 0 Å². The van der Waals surface area contributed by atoms with Crippen LogP contribution in [0.2, 0.25) is 0 Å². The van der Waals surface area contributed by atoms with Gasteiger partial charge in [-0.05, 0) is 19.9 Å². The lowest BCUT2D eigenvalue weighted by atomic mass is 9.97. The van der Waals surface area contributed by atoms with Gasteiger partial charge >= 0.3 is 0 Å². The molecule has 0 atom stereocenters. The summed E-state index contributed by atoms with van der Waals surface area (Å²) < 4.78 is 13.3. The molecule has 0 aromatic heterocycles. The van der Waals surface area contributed by atoms with Crippen LogP contribution in [0.15, 0.2) is 24.3 Å². The Morgan fingerprint density at radius 1 is 1.31 bits per heavy atom. The number of nitrogens with one attached hydrogen (secondary N) is 1. The van der Waals surface area contributed by atoms with Gasteiger partial charge in [-0.1, -0.05) is 24.3 Å². The molecule has 0 saturated carbocycles. The second-order valence-electron chi connectivity index (χ2n) is 3.88. The molecule has 0 aliphatic carbocycles. The Kier molecular flexibility index (Phi) is 1.65. The van der Waals surface area contributed by atoms with Crippen LogP contribution in [0.1, 0.15) is 19.4 Å². The summed E-state index contributed by atoms with van der Waals surface area (Å²) in [6, 6.07) is 5.09. The quantitative estimate of drug-likeness (QED) is 0.642. The molecule has 1 aromatic carbocycles. The maximum Gasteiger partial charge on any atom is 0.146 e. The van der Waals surface area contributed by atoms with Crippen LogP contribution in [-0.2, 0) is 0 Å². The van der Waals surface area contributed by atoms with Crippen LogP contribution in [0.4, 0.5) is 10.1 Å². The number of benzene rings is 1. The minimum atomic E-state index is -0.185. The Morgan fingerprint density at radius 3 is 2.85 bits per heavy atom. The number of fused-ring (bicyclic) bond motifs is 1. The number of hydrogen-bond donors (Lipinski definition) is 1. The summed E-state index contributed by atoms with van der Waals surface area (Å²) in [7, 11) is 0. The fraction of sp³-hybridized carbons (Fsp3) is 0.273. The normalized spacial score (nSPS) is 17.8. The maximum absolute atomic E-state index is 13.3. The minimum Gasteiger partial charge on any atom is -0.374 e. The topological polar surface area (TPSA) is 12.0 Å². The molecule has 0 saturated heterocycles. The van der Waals surface area contributed by atoms with Crippen molar-refractivity contribution in [3.05, 3.63) is 35.7 Å². The first-order valence-corrected chi connectivity index (χ1v) is 4.34. The van der Waals surface area contributed by atoms with E-state index in [9.17, 15) is 4.39 Å². The molecular weight excluding hydrogens is 165 g/mol. The predicted octanol–water partition coefficient (Wildman–Crippen LogP) is 3.04. The van der Waals surface area contributed by atoms with Gasteiger partial charge in [0.15, 0.2) is 0 Å². The number of hydrogen-bond acceptors (Lipinski definition) is 1. The van der Waals surface area contributed by atoms with Crippen molar-refractivity contribution < 1.29 is 4.39 Å². The molecule has 0 radical (unpaired) electrons. The fourth-order valence-corrected chi connectivity index (χ4v) is 1.47. The molecule has 0 fully saturated rings. The van der Waals surface area contributed by atoms with Crippen LogP contribution in [0.3, 0.4) is 0 Å². The number of rotatable bonds is 0.